The predicted molar refractivity (Wildman–Crippen MR) is 90.0 cm³/mol. The van der Waals surface area contributed by atoms with Crippen molar-refractivity contribution in [3.8, 4) is 5.75 Å². The molecule has 0 saturated heterocycles. The number of hydrogen-bond acceptors (Lipinski definition) is 3. The molecule has 0 saturated carbocycles. The second-order valence-electron chi connectivity index (χ2n) is 5.62. The summed E-state index contributed by atoms with van der Waals surface area (Å²) in [5, 5.41) is 2.84. The van der Waals surface area contributed by atoms with Gasteiger partial charge in [-0.3, -0.25) is 4.79 Å². The van der Waals surface area contributed by atoms with Crippen molar-refractivity contribution < 1.29 is 9.53 Å². The van der Waals surface area contributed by atoms with E-state index in [2.05, 4.69) is 10.3 Å². The molecule has 5 nitrogen and oxygen atoms in total. The van der Waals surface area contributed by atoms with Gasteiger partial charge in [-0.2, -0.15) is 0 Å². The van der Waals surface area contributed by atoms with E-state index in [1.54, 1.807) is 0 Å². The first-order valence-corrected chi connectivity index (χ1v) is 7.47. The van der Waals surface area contributed by atoms with Crippen LogP contribution < -0.4 is 10.1 Å². The zero-order chi connectivity index (χ0) is 16.4. The molecule has 0 aliphatic rings. The molecule has 0 radical (unpaired) electrons. The Kier molecular flexibility index (Phi) is 4.02. The number of nitrogens with one attached hydrogen (secondary N) is 1. The third-order valence-electron chi connectivity index (χ3n) is 3.61. The molecule has 3 aromatic rings. The van der Waals surface area contributed by atoms with Crippen LogP contribution in [0.2, 0.25) is 0 Å². The van der Waals surface area contributed by atoms with Gasteiger partial charge in [0.05, 0.1) is 11.4 Å². The minimum absolute atomic E-state index is 0.0211. The van der Waals surface area contributed by atoms with Gasteiger partial charge in [0.15, 0.2) is 6.61 Å². The number of hydrogen-bond donors (Lipinski definition) is 1. The highest BCUT2D eigenvalue weighted by Gasteiger charge is 2.08. The molecule has 2 heterocycles. The molecule has 1 amide bonds. The molecule has 0 bridgehead atoms. The molecule has 0 unspecified atom stereocenters. The summed E-state index contributed by atoms with van der Waals surface area (Å²) in [4.78, 5) is 16.4. The van der Waals surface area contributed by atoms with Crippen LogP contribution in [0.4, 0.5) is 5.69 Å². The Morgan fingerprint density at radius 1 is 1.13 bits per heavy atom. The van der Waals surface area contributed by atoms with Gasteiger partial charge in [0, 0.05) is 12.4 Å². The number of amides is 1. The van der Waals surface area contributed by atoms with Gasteiger partial charge in [0.2, 0.25) is 0 Å². The number of fused-ring (bicyclic) bond motifs is 1. The lowest BCUT2D eigenvalue weighted by atomic mass is 10.1. The monoisotopic (exact) mass is 309 g/mol. The van der Waals surface area contributed by atoms with E-state index in [1.807, 2.05) is 67.9 Å². The number of carbonyl (C=O) groups is 1. The van der Waals surface area contributed by atoms with E-state index in [4.69, 9.17) is 4.74 Å². The molecule has 0 atom stereocenters. The highest BCUT2D eigenvalue weighted by Crippen LogP contribution is 2.22. The summed E-state index contributed by atoms with van der Waals surface area (Å²) in [6.07, 6.45) is 3.75. The van der Waals surface area contributed by atoms with Gasteiger partial charge >= 0.3 is 0 Å². The van der Waals surface area contributed by atoms with Crippen LogP contribution in [0.1, 0.15) is 16.8 Å². The van der Waals surface area contributed by atoms with Crippen molar-refractivity contribution in [2.24, 2.45) is 0 Å². The first-order chi connectivity index (χ1) is 11.0. The molecule has 23 heavy (non-hydrogen) atoms. The highest BCUT2D eigenvalue weighted by atomic mass is 16.5. The van der Waals surface area contributed by atoms with Gasteiger partial charge < -0.3 is 14.5 Å². The molecule has 5 heteroatoms. The smallest absolute Gasteiger partial charge is 0.262 e. The van der Waals surface area contributed by atoms with E-state index in [0.717, 1.165) is 28.2 Å². The lowest BCUT2D eigenvalue weighted by Crippen LogP contribution is -2.20. The molecule has 0 aliphatic heterocycles. The van der Waals surface area contributed by atoms with Gasteiger partial charge in [-0.1, -0.05) is 18.2 Å². The van der Waals surface area contributed by atoms with Crippen molar-refractivity contribution in [1.82, 2.24) is 9.38 Å². The molecule has 118 valence electrons. The van der Waals surface area contributed by atoms with E-state index in [9.17, 15) is 4.79 Å². The summed E-state index contributed by atoms with van der Waals surface area (Å²) < 4.78 is 7.55. The molecule has 3 rings (SSSR count). The van der Waals surface area contributed by atoms with E-state index in [0.29, 0.717) is 5.69 Å². The SMILES string of the molecule is Cc1cn2cc(NC(=O)COc3c(C)cccc3C)ccc2n1. The van der Waals surface area contributed by atoms with Crippen molar-refractivity contribution in [3.05, 3.63) is 59.5 Å². The third kappa shape index (κ3) is 3.34. The average molecular weight is 309 g/mol. The lowest BCUT2D eigenvalue weighted by Gasteiger charge is -2.12. The Morgan fingerprint density at radius 3 is 2.61 bits per heavy atom. The summed E-state index contributed by atoms with van der Waals surface area (Å²) in [6, 6.07) is 9.61. The fraction of sp³-hybridized carbons (Fsp3) is 0.222. The predicted octanol–water partition coefficient (Wildman–Crippen LogP) is 3.28. The molecule has 2 aromatic heterocycles. The maximum Gasteiger partial charge on any atom is 0.262 e. The van der Waals surface area contributed by atoms with Crippen LogP contribution in [0.3, 0.4) is 0 Å². The fourth-order valence-electron chi connectivity index (χ4n) is 2.55. The van der Waals surface area contributed by atoms with Crippen LogP contribution in [-0.2, 0) is 4.79 Å². The van der Waals surface area contributed by atoms with E-state index in [-0.39, 0.29) is 12.5 Å². The Bertz CT molecular complexity index is 848. The Labute approximate surface area is 134 Å². The van der Waals surface area contributed by atoms with Crippen LogP contribution in [0.25, 0.3) is 5.65 Å². The number of aromatic nitrogens is 2. The summed E-state index contributed by atoms with van der Waals surface area (Å²) in [6.45, 7) is 5.85. The summed E-state index contributed by atoms with van der Waals surface area (Å²) in [5.74, 6) is 0.576. The summed E-state index contributed by atoms with van der Waals surface area (Å²) in [5.41, 5.74) is 4.55. The number of nitrogens with zero attached hydrogens (tertiary/aromatic N) is 2. The second kappa shape index (κ2) is 6.12. The number of anilines is 1. The van der Waals surface area contributed by atoms with Crippen molar-refractivity contribution in [3.63, 3.8) is 0 Å². The molecule has 0 spiro atoms. The number of para-hydroxylation sites is 1. The number of imidazole rings is 1. The van der Waals surface area contributed by atoms with Gasteiger partial charge in [-0.25, -0.2) is 4.98 Å². The Balaban J connectivity index is 1.66. The largest absolute Gasteiger partial charge is 0.483 e. The number of ether oxygens (including phenoxy) is 1. The number of benzene rings is 1. The highest BCUT2D eigenvalue weighted by molar-refractivity contribution is 5.91. The van der Waals surface area contributed by atoms with Crippen LogP contribution >= 0.6 is 0 Å². The first-order valence-electron chi connectivity index (χ1n) is 7.47. The fourth-order valence-corrected chi connectivity index (χ4v) is 2.55. The maximum absolute atomic E-state index is 12.1. The van der Waals surface area contributed by atoms with Crippen LogP contribution in [0, 0.1) is 20.8 Å². The number of pyridine rings is 1. The first kappa shape index (κ1) is 15.1. The lowest BCUT2D eigenvalue weighted by molar-refractivity contribution is -0.118. The zero-order valence-corrected chi connectivity index (χ0v) is 13.5. The van der Waals surface area contributed by atoms with E-state index < -0.39 is 0 Å². The molecule has 1 aromatic carbocycles. The Hall–Kier alpha value is -2.82. The van der Waals surface area contributed by atoms with Crippen molar-refractivity contribution >= 4 is 17.2 Å². The van der Waals surface area contributed by atoms with Crippen LogP contribution in [0.15, 0.2) is 42.7 Å². The van der Waals surface area contributed by atoms with Gasteiger partial charge in [-0.15, -0.1) is 0 Å². The second-order valence-corrected chi connectivity index (χ2v) is 5.62. The van der Waals surface area contributed by atoms with Crippen molar-refractivity contribution in [2.75, 3.05) is 11.9 Å². The van der Waals surface area contributed by atoms with Crippen LogP contribution in [-0.4, -0.2) is 21.9 Å². The van der Waals surface area contributed by atoms with Gasteiger partial charge in [0.1, 0.15) is 11.4 Å². The quantitative estimate of drug-likeness (QED) is 0.804. The van der Waals surface area contributed by atoms with Gasteiger partial charge in [0.25, 0.3) is 5.91 Å². The molecular weight excluding hydrogens is 290 g/mol. The minimum atomic E-state index is -0.191. The standard InChI is InChI=1S/C18H19N3O2/c1-12-5-4-6-13(2)18(12)23-11-17(22)20-15-7-8-16-19-14(3)9-21(16)10-15/h4-10H,11H2,1-3H3,(H,20,22). The molecule has 0 fully saturated rings. The van der Waals surface area contributed by atoms with Gasteiger partial charge in [-0.05, 0) is 44.0 Å². The summed E-state index contributed by atoms with van der Waals surface area (Å²) >= 11 is 0. The van der Waals surface area contributed by atoms with Crippen molar-refractivity contribution in [2.45, 2.75) is 20.8 Å². The molecule has 0 aliphatic carbocycles. The average Bonchev–Trinajstić information content (AvgIpc) is 2.86. The maximum atomic E-state index is 12.1. The summed E-state index contributed by atoms with van der Waals surface area (Å²) in [7, 11) is 0. The molecule has 1 N–H and O–H groups in total. The van der Waals surface area contributed by atoms with E-state index in [1.165, 1.54) is 0 Å². The Morgan fingerprint density at radius 2 is 1.87 bits per heavy atom. The zero-order valence-electron chi connectivity index (χ0n) is 13.5. The normalized spacial score (nSPS) is 10.7. The number of aryl methyl sites for hydroxylation is 3. The number of rotatable bonds is 4. The third-order valence-corrected chi connectivity index (χ3v) is 3.61. The van der Waals surface area contributed by atoms with Crippen molar-refractivity contribution in [1.29, 1.82) is 0 Å². The van der Waals surface area contributed by atoms with E-state index >= 15 is 0 Å². The number of carbonyl (C=O) groups excluding carboxylic acids is 1. The van der Waals surface area contributed by atoms with Crippen LogP contribution in [0.5, 0.6) is 5.75 Å². The molecular formula is C18H19N3O2. The topological polar surface area (TPSA) is 55.6 Å². The minimum Gasteiger partial charge on any atom is -0.483 e.